The van der Waals surface area contributed by atoms with Gasteiger partial charge in [0.1, 0.15) is 6.10 Å². The van der Waals surface area contributed by atoms with Crippen LogP contribution in [0.25, 0.3) is 0 Å². The van der Waals surface area contributed by atoms with Crippen molar-refractivity contribution in [2.24, 2.45) is 17.3 Å². The summed E-state index contributed by atoms with van der Waals surface area (Å²) in [5.41, 5.74) is -0.236. The number of rotatable bonds is 4. The summed E-state index contributed by atoms with van der Waals surface area (Å²) < 4.78 is 6.05. The van der Waals surface area contributed by atoms with Gasteiger partial charge < -0.3 is 25.4 Å². The van der Waals surface area contributed by atoms with Crippen molar-refractivity contribution in [2.45, 2.75) is 70.6 Å². The number of hydrogen-bond acceptors (Lipinski definition) is 6. The molecule has 1 aliphatic carbocycles. The van der Waals surface area contributed by atoms with Crippen molar-refractivity contribution in [2.75, 3.05) is 18.6 Å². The first kappa shape index (κ1) is 21.0. The van der Waals surface area contributed by atoms with Gasteiger partial charge in [-0.3, -0.25) is 4.79 Å². The van der Waals surface area contributed by atoms with Gasteiger partial charge in [-0.1, -0.05) is 33.6 Å². The van der Waals surface area contributed by atoms with Crippen LogP contribution in [0, 0.1) is 17.3 Å². The van der Waals surface area contributed by atoms with E-state index in [9.17, 15) is 20.1 Å². The van der Waals surface area contributed by atoms with Crippen LogP contribution < -0.4 is 5.32 Å². The molecule has 1 amide bonds. The van der Waals surface area contributed by atoms with Gasteiger partial charge in [0.15, 0.2) is 5.79 Å². The summed E-state index contributed by atoms with van der Waals surface area (Å²) in [6.07, 6.45) is 0.830. The minimum atomic E-state index is -1.75. The van der Waals surface area contributed by atoms with Gasteiger partial charge in [0, 0.05) is 24.6 Å². The molecule has 6 unspecified atom stereocenters. The van der Waals surface area contributed by atoms with Crippen molar-refractivity contribution in [3.8, 4) is 0 Å². The number of aliphatic hydroxyl groups excluding tert-OH is 2. The molecule has 0 radical (unpaired) electrons. The van der Waals surface area contributed by atoms with E-state index in [1.807, 2.05) is 6.92 Å². The predicted octanol–water partition coefficient (Wildman–Crippen LogP) is 1.13. The van der Waals surface area contributed by atoms with Crippen LogP contribution in [0.5, 0.6) is 0 Å². The third kappa shape index (κ3) is 4.33. The summed E-state index contributed by atoms with van der Waals surface area (Å²) in [5.74, 6) is -1.60. The van der Waals surface area contributed by atoms with E-state index in [1.165, 1.54) is 11.8 Å². The van der Waals surface area contributed by atoms with Crippen molar-refractivity contribution >= 4 is 17.7 Å². The summed E-state index contributed by atoms with van der Waals surface area (Å²) in [6.45, 7) is 6.03. The van der Waals surface area contributed by atoms with Crippen molar-refractivity contribution < 1.29 is 24.9 Å². The molecule has 4 N–H and O–H groups in total. The summed E-state index contributed by atoms with van der Waals surface area (Å²) in [6, 6.07) is 0. The lowest BCUT2D eigenvalue weighted by Crippen LogP contribution is -2.67. The third-order valence-electron chi connectivity index (χ3n) is 5.97. The zero-order valence-electron chi connectivity index (χ0n) is 15.7. The Labute approximate surface area is 154 Å². The number of nitrogens with one attached hydrogen (secondary N) is 1. The Morgan fingerprint density at radius 2 is 2.00 bits per heavy atom. The van der Waals surface area contributed by atoms with Gasteiger partial charge in [0.2, 0.25) is 5.91 Å². The number of amides is 1. The number of aliphatic hydroxyl groups is 3. The lowest BCUT2D eigenvalue weighted by molar-refractivity contribution is -0.363. The minimum Gasteiger partial charge on any atom is -0.390 e. The van der Waals surface area contributed by atoms with Gasteiger partial charge in [-0.25, -0.2) is 0 Å². The molecule has 2 saturated heterocycles. The lowest BCUT2D eigenvalue weighted by Gasteiger charge is -2.55. The van der Waals surface area contributed by atoms with Crippen molar-refractivity contribution in [3.63, 3.8) is 0 Å². The molecule has 25 heavy (non-hydrogen) atoms. The van der Waals surface area contributed by atoms with Crippen LogP contribution in [0.1, 0.15) is 46.5 Å². The second kappa shape index (κ2) is 8.13. The van der Waals surface area contributed by atoms with Crippen molar-refractivity contribution in [3.05, 3.63) is 0 Å². The van der Waals surface area contributed by atoms with E-state index < -0.39 is 24.1 Å². The second-order valence-electron chi connectivity index (χ2n) is 8.19. The lowest BCUT2D eigenvalue weighted by atomic mass is 9.65. The molecule has 2 aliphatic heterocycles. The first-order chi connectivity index (χ1) is 11.6. The number of hydrogen-bond donors (Lipinski definition) is 4. The monoisotopic (exact) mass is 375 g/mol. The molecule has 7 heteroatoms. The fraction of sp³-hybridized carbons (Fsp3) is 0.944. The number of thioether (sulfide) groups is 1. The Kier molecular flexibility index (Phi) is 6.82. The van der Waals surface area contributed by atoms with E-state index in [4.69, 9.17) is 4.74 Å². The Bertz CT molecular complexity index is 474. The summed E-state index contributed by atoms with van der Waals surface area (Å²) in [4.78, 5) is 11.5. The molecule has 1 saturated carbocycles. The standard InChI is InChI=1S/C18H33NO5S/c1-11-7-5-6-8-17(2,3)14-12(9-25-10-13(20)19-4)24-18(11,23)16(22)15(14)21/h11-12,14-16,21-23H,5-10H2,1-4H3,(H,19,20). The number of fused-ring (bicyclic) bond motifs is 7. The Morgan fingerprint density at radius 1 is 1.32 bits per heavy atom. The average molecular weight is 376 g/mol. The van der Waals surface area contributed by atoms with Gasteiger partial charge >= 0.3 is 0 Å². The normalized spacial score (nSPS) is 41.3. The second-order valence-corrected chi connectivity index (χ2v) is 9.22. The molecule has 0 aromatic rings. The molecule has 6 atom stereocenters. The Balaban J connectivity index is 2.27. The van der Waals surface area contributed by atoms with E-state index >= 15 is 0 Å². The smallest absolute Gasteiger partial charge is 0.229 e. The quantitative estimate of drug-likeness (QED) is 0.588. The van der Waals surface area contributed by atoms with Crippen molar-refractivity contribution in [1.29, 1.82) is 0 Å². The zero-order chi connectivity index (χ0) is 18.8. The molecule has 0 spiro atoms. The van der Waals surface area contributed by atoms with Gasteiger partial charge in [0.05, 0.1) is 18.0 Å². The summed E-state index contributed by atoms with van der Waals surface area (Å²) in [5, 5.41) is 35.1. The van der Waals surface area contributed by atoms with Crippen LogP contribution in [0.15, 0.2) is 0 Å². The van der Waals surface area contributed by atoms with E-state index in [-0.39, 0.29) is 23.2 Å². The molecule has 6 nitrogen and oxygen atoms in total. The predicted molar refractivity (Wildman–Crippen MR) is 98.1 cm³/mol. The average Bonchev–Trinajstić information content (AvgIpc) is 2.55. The highest BCUT2D eigenvalue weighted by molar-refractivity contribution is 7.99. The zero-order valence-corrected chi connectivity index (χ0v) is 16.5. The number of carbonyl (C=O) groups excluding carboxylic acids is 1. The van der Waals surface area contributed by atoms with Gasteiger partial charge in [-0.05, 0) is 18.3 Å². The molecule has 3 aliphatic rings. The first-order valence-corrected chi connectivity index (χ1v) is 10.3. The topological polar surface area (TPSA) is 99.0 Å². The molecule has 146 valence electrons. The SMILES string of the molecule is CNC(=O)CSCC1OC2(O)C(C)CCCCC(C)(C)C1C(O)C2O. The van der Waals surface area contributed by atoms with Gasteiger partial charge in [0.25, 0.3) is 0 Å². The molecule has 3 fully saturated rings. The third-order valence-corrected chi connectivity index (χ3v) is 7.00. The summed E-state index contributed by atoms with van der Waals surface area (Å²) in [7, 11) is 1.60. The minimum absolute atomic E-state index is 0.0676. The molecular weight excluding hydrogens is 342 g/mol. The maximum atomic E-state index is 11.5. The summed E-state index contributed by atoms with van der Waals surface area (Å²) >= 11 is 1.42. The highest BCUT2D eigenvalue weighted by Gasteiger charge is 2.58. The van der Waals surface area contributed by atoms with E-state index in [0.29, 0.717) is 11.5 Å². The molecule has 2 heterocycles. The van der Waals surface area contributed by atoms with Crippen LogP contribution in [0.4, 0.5) is 0 Å². The van der Waals surface area contributed by atoms with E-state index in [0.717, 1.165) is 25.7 Å². The van der Waals surface area contributed by atoms with Crippen LogP contribution in [0.3, 0.4) is 0 Å². The first-order valence-electron chi connectivity index (χ1n) is 9.18. The van der Waals surface area contributed by atoms with Crippen LogP contribution >= 0.6 is 11.8 Å². The Hall–Kier alpha value is -0.340. The highest BCUT2D eigenvalue weighted by Crippen LogP contribution is 2.48. The maximum absolute atomic E-state index is 11.5. The van der Waals surface area contributed by atoms with Crippen molar-refractivity contribution in [1.82, 2.24) is 5.32 Å². The maximum Gasteiger partial charge on any atom is 0.229 e. The fourth-order valence-electron chi connectivity index (χ4n) is 4.30. The molecule has 3 rings (SSSR count). The van der Waals surface area contributed by atoms with Gasteiger partial charge in [-0.2, -0.15) is 0 Å². The van der Waals surface area contributed by atoms with Crippen LogP contribution in [-0.2, 0) is 9.53 Å². The largest absolute Gasteiger partial charge is 0.390 e. The van der Waals surface area contributed by atoms with Crippen LogP contribution in [0.2, 0.25) is 0 Å². The molecule has 0 aromatic carbocycles. The van der Waals surface area contributed by atoms with Crippen LogP contribution in [-0.4, -0.2) is 63.9 Å². The number of carbonyl (C=O) groups is 1. The number of ether oxygens (including phenoxy) is 1. The molecule has 2 bridgehead atoms. The Morgan fingerprint density at radius 3 is 2.64 bits per heavy atom. The highest BCUT2D eigenvalue weighted by atomic mass is 32.2. The van der Waals surface area contributed by atoms with E-state index in [1.54, 1.807) is 7.05 Å². The molecular formula is C18H33NO5S. The fourth-order valence-corrected chi connectivity index (χ4v) is 5.26. The van der Waals surface area contributed by atoms with E-state index in [2.05, 4.69) is 19.2 Å². The van der Waals surface area contributed by atoms with Gasteiger partial charge in [-0.15, -0.1) is 11.8 Å². The molecule has 0 aromatic heterocycles.